The lowest BCUT2D eigenvalue weighted by molar-refractivity contribution is -0.0169. The molecule has 1 aromatic carbocycles. The molecular weight excluding hydrogens is 525 g/mol. The number of aromatic nitrogens is 3. The van der Waals surface area contributed by atoms with Crippen LogP contribution in [0.2, 0.25) is 30.7 Å². The molecule has 1 aliphatic heterocycles. The first-order chi connectivity index (χ1) is 18.0. The van der Waals surface area contributed by atoms with Crippen molar-refractivity contribution in [2.45, 2.75) is 57.3 Å². The molecule has 0 atom stereocenters. The zero-order valence-electron chi connectivity index (χ0n) is 22.1. The summed E-state index contributed by atoms with van der Waals surface area (Å²) >= 11 is 5.83. The number of anilines is 2. The first-order valence-corrected chi connectivity index (χ1v) is 16.9. The van der Waals surface area contributed by atoms with Gasteiger partial charge in [-0.3, -0.25) is 4.79 Å². The van der Waals surface area contributed by atoms with Crippen molar-refractivity contribution < 1.29 is 19.0 Å². The van der Waals surface area contributed by atoms with Crippen LogP contribution in [0.4, 0.5) is 16.0 Å². The molecule has 1 saturated heterocycles. The van der Waals surface area contributed by atoms with E-state index < -0.39 is 25.4 Å². The van der Waals surface area contributed by atoms with Crippen LogP contribution >= 0.6 is 11.6 Å². The maximum Gasteiger partial charge on any atom is 0.256 e. The largest absolute Gasteiger partial charge is 0.389 e. The van der Waals surface area contributed by atoms with Gasteiger partial charge < -0.3 is 20.1 Å². The van der Waals surface area contributed by atoms with Crippen molar-refractivity contribution in [3.05, 3.63) is 70.8 Å². The number of benzene rings is 1. The predicted octanol–water partition coefficient (Wildman–Crippen LogP) is 5.34. The van der Waals surface area contributed by atoms with Crippen LogP contribution in [0.1, 0.15) is 28.9 Å². The molecule has 0 unspecified atom stereocenters. The van der Waals surface area contributed by atoms with Crippen LogP contribution in [0.5, 0.6) is 0 Å². The zero-order chi connectivity index (χ0) is 27.3. The molecule has 0 radical (unpaired) electrons. The van der Waals surface area contributed by atoms with Gasteiger partial charge in [0.25, 0.3) is 5.91 Å². The number of hydrogen-bond donors (Lipinski definition) is 2. The quantitative estimate of drug-likeness (QED) is 0.257. The minimum Gasteiger partial charge on any atom is -0.389 e. The molecule has 0 saturated carbocycles. The number of amides is 1. The van der Waals surface area contributed by atoms with Crippen LogP contribution in [-0.2, 0) is 17.9 Å². The van der Waals surface area contributed by atoms with Crippen molar-refractivity contribution in [2.75, 3.05) is 25.0 Å². The Balaban J connectivity index is 1.30. The molecule has 1 aliphatic rings. The van der Waals surface area contributed by atoms with Gasteiger partial charge in [0, 0.05) is 52.1 Å². The summed E-state index contributed by atoms with van der Waals surface area (Å²) in [6.45, 7) is 8.72. The summed E-state index contributed by atoms with van der Waals surface area (Å²) in [5.74, 6) is 0.146. The van der Waals surface area contributed by atoms with Crippen molar-refractivity contribution in [1.29, 1.82) is 0 Å². The molecule has 2 N–H and O–H groups in total. The number of aliphatic hydroxyl groups is 1. The summed E-state index contributed by atoms with van der Waals surface area (Å²) in [7, 11) is -1.12. The average Bonchev–Trinajstić information content (AvgIpc) is 3.30. The molecule has 3 aromatic rings. The Morgan fingerprint density at radius 1 is 1.16 bits per heavy atom. The van der Waals surface area contributed by atoms with E-state index in [1.54, 1.807) is 15.6 Å². The van der Waals surface area contributed by atoms with Gasteiger partial charge in [-0.05, 0) is 43.2 Å². The van der Waals surface area contributed by atoms with Crippen LogP contribution in [0.3, 0.4) is 0 Å². The van der Waals surface area contributed by atoms with E-state index in [1.165, 1.54) is 12.1 Å². The summed E-state index contributed by atoms with van der Waals surface area (Å²) < 4.78 is 21.8. The summed E-state index contributed by atoms with van der Waals surface area (Å²) in [5, 5.41) is 18.8. The zero-order valence-corrected chi connectivity index (χ0v) is 23.8. The van der Waals surface area contributed by atoms with E-state index >= 15 is 0 Å². The number of nitrogens with zero attached hydrogens (tertiary/aromatic N) is 4. The van der Waals surface area contributed by atoms with E-state index in [4.69, 9.17) is 16.3 Å². The number of nitrogens with one attached hydrogen (secondary N) is 1. The third-order valence-electron chi connectivity index (χ3n) is 6.60. The van der Waals surface area contributed by atoms with Gasteiger partial charge in [0.2, 0.25) is 0 Å². The second kappa shape index (κ2) is 11.9. The lowest BCUT2D eigenvalue weighted by Gasteiger charge is -2.38. The molecule has 0 aliphatic carbocycles. The Kier molecular flexibility index (Phi) is 8.87. The highest BCUT2D eigenvalue weighted by atomic mass is 35.5. The van der Waals surface area contributed by atoms with E-state index in [0.29, 0.717) is 50.7 Å². The van der Waals surface area contributed by atoms with Crippen molar-refractivity contribution in [3.63, 3.8) is 0 Å². The van der Waals surface area contributed by atoms with Crippen LogP contribution in [0.25, 0.3) is 0 Å². The van der Waals surface area contributed by atoms with Gasteiger partial charge in [-0.1, -0.05) is 43.4 Å². The normalized spacial score (nSPS) is 15.5. The average molecular weight is 560 g/mol. The van der Waals surface area contributed by atoms with E-state index in [1.807, 2.05) is 30.5 Å². The van der Waals surface area contributed by atoms with Crippen molar-refractivity contribution >= 4 is 37.2 Å². The van der Waals surface area contributed by atoms with Crippen LogP contribution < -0.4 is 5.32 Å². The minimum absolute atomic E-state index is 0.0519. The molecule has 38 heavy (non-hydrogen) atoms. The first kappa shape index (κ1) is 28.2. The van der Waals surface area contributed by atoms with Crippen LogP contribution in [0, 0.1) is 5.82 Å². The Morgan fingerprint density at radius 2 is 1.89 bits per heavy atom. The maximum atomic E-state index is 14.3. The second-order valence-electron chi connectivity index (χ2n) is 11.0. The fraction of sp³-hybridized carbons (Fsp3) is 0.444. The number of halogens is 2. The minimum atomic E-state index is -1.12. The summed E-state index contributed by atoms with van der Waals surface area (Å²) in [5.41, 5.74) is -0.333. The Morgan fingerprint density at radius 3 is 2.63 bits per heavy atom. The number of rotatable bonds is 10. The van der Waals surface area contributed by atoms with Gasteiger partial charge >= 0.3 is 0 Å². The maximum absolute atomic E-state index is 14.3. The van der Waals surface area contributed by atoms with Gasteiger partial charge in [-0.25, -0.2) is 14.1 Å². The highest BCUT2D eigenvalue weighted by molar-refractivity contribution is 6.76. The van der Waals surface area contributed by atoms with E-state index in [0.717, 1.165) is 18.3 Å². The highest BCUT2D eigenvalue weighted by Crippen LogP contribution is 2.28. The lowest BCUT2D eigenvalue weighted by Crippen LogP contribution is -2.48. The van der Waals surface area contributed by atoms with Crippen molar-refractivity contribution in [3.8, 4) is 0 Å². The number of carbonyl (C=O) groups excluding carboxylic acids is 1. The van der Waals surface area contributed by atoms with Crippen molar-refractivity contribution in [2.24, 2.45) is 0 Å². The molecule has 4 rings (SSSR count). The molecule has 204 valence electrons. The SMILES string of the molecule is C[Si](C)(C)CCOCn1ccc(Nc2cccc(CC3(O)CCN(C(=O)c4cccc(Cl)c4F)CC3)n2)n1. The molecule has 0 spiro atoms. The van der Waals surface area contributed by atoms with Crippen LogP contribution in [-0.4, -0.2) is 64.0 Å². The molecular formula is C27H35ClFN5O3Si. The Bertz CT molecular complexity index is 1260. The molecule has 8 nitrogen and oxygen atoms in total. The topological polar surface area (TPSA) is 92.5 Å². The van der Waals surface area contributed by atoms with Gasteiger partial charge in [0.15, 0.2) is 11.6 Å². The highest BCUT2D eigenvalue weighted by Gasteiger charge is 2.35. The number of ether oxygens (including phenoxy) is 1. The van der Waals surface area contributed by atoms with E-state index in [2.05, 4.69) is 35.0 Å². The summed E-state index contributed by atoms with van der Waals surface area (Å²) in [6, 6.07) is 13.0. The number of piperidine rings is 1. The summed E-state index contributed by atoms with van der Waals surface area (Å²) in [6.07, 6.45) is 2.92. The fourth-order valence-electron chi connectivity index (χ4n) is 4.29. The molecule has 1 fully saturated rings. The Hall–Kier alpha value is -2.79. The predicted molar refractivity (Wildman–Crippen MR) is 149 cm³/mol. The second-order valence-corrected chi connectivity index (χ2v) is 17.1. The van der Waals surface area contributed by atoms with Gasteiger partial charge in [0.1, 0.15) is 12.5 Å². The number of likely N-dealkylation sites (tertiary alicyclic amines) is 1. The molecule has 11 heteroatoms. The number of pyridine rings is 1. The molecule has 0 bridgehead atoms. The third-order valence-corrected chi connectivity index (χ3v) is 8.59. The standard InChI is InChI=1S/C27H35ClFN5O3Si/c1-38(2,3)17-16-37-19-34-13-10-24(32-34)31-23-9-4-6-20(30-23)18-27(36)11-14-33(15-12-27)26(35)21-7-5-8-22(28)25(21)29/h4-10,13,36H,11-12,14-19H2,1-3H3,(H,30,31,32). The Labute approximate surface area is 228 Å². The molecule has 1 amide bonds. The summed E-state index contributed by atoms with van der Waals surface area (Å²) in [4.78, 5) is 19.0. The van der Waals surface area contributed by atoms with Gasteiger partial charge in [-0.2, -0.15) is 5.10 Å². The number of carbonyl (C=O) groups is 1. The molecule has 3 heterocycles. The van der Waals surface area contributed by atoms with Crippen LogP contribution in [0.15, 0.2) is 48.7 Å². The van der Waals surface area contributed by atoms with E-state index in [9.17, 15) is 14.3 Å². The third kappa shape index (κ3) is 7.63. The van der Waals surface area contributed by atoms with Gasteiger partial charge in [0.05, 0.1) is 16.2 Å². The monoisotopic (exact) mass is 559 g/mol. The number of hydrogen-bond acceptors (Lipinski definition) is 6. The smallest absolute Gasteiger partial charge is 0.256 e. The molecule has 2 aromatic heterocycles. The van der Waals surface area contributed by atoms with Gasteiger partial charge in [-0.15, -0.1) is 0 Å². The fourth-order valence-corrected chi connectivity index (χ4v) is 5.23. The van der Waals surface area contributed by atoms with Crippen molar-refractivity contribution in [1.82, 2.24) is 19.7 Å². The van der Waals surface area contributed by atoms with E-state index in [-0.39, 0.29) is 10.6 Å². The first-order valence-electron chi connectivity index (χ1n) is 12.8. The lowest BCUT2D eigenvalue weighted by atomic mass is 9.86.